The molecule has 1 aromatic carbocycles. The lowest BCUT2D eigenvalue weighted by molar-refractivity contribution is -0.133. The number of nitrogens with two attached hydrogens (primary N) is 1. The number of carbonyl (C=O) groups excluding carboxylic acids is 2. The Morgan fingerprint density at radius 2 is 1.81 bits per heavy atom. The average molecular weight is 290 g/mol. The number of aryl methyl sites for hydroxylation is 1. The highest BCUT2D eigenvalue weighted by molar-refractivity contribution is 5.89. The smallest absolute Gasteiger partial charge is 0.321 e. The maximum Gasteiger partial charge on any atom is 0.321 e. The highest BCUT2D eigenvalue weighted by atomic mass is 16.2. The second-order valence-corrected chi connectivity index (χ2v) is 5.40. The van der Waals surface area contributed by atoms with Gasteiger partial charge in [-0.15, -0.1) is 0 Å². The lowest BCUT2D eigenvalue weighted by atomic mass is 10.2. The molecule has 3 N–H and O–H groups in total. The third kappa shape index (κ3) is 3.95. The maximum atomic E-state index is 12.2. The van der Waals surface area contributed by atoms with Crippen molar-refractivity contribution in [2.75, 3.05) is 31.5 Å². The van der Waals surface area contributed by atoms with Crippen LogP contribution in [0.5, 0.6) is 0 Å². The molecule has 1 aromatic rings. The number of carbonyl (C=O) groups is 2. The van der Waals surface area contributed by atoms with Crippen molar-refractivity contribution in [1.82, 2.24) is 9.80 Å². The first-order chi connectivity index (χ1) is 9.97. The monoisotopic (exact) mass is 290 g/mol. The first kappa shape index (κ1) is 15.3. The van der Waals surface area contributed by atoms with Gasteiger partial charge in [-0.2, -0.15) is 0 Å². The van der Waals surface area contributed by atoms with Crippen LogP contribution < -0.4 is 11.1 Å². The summed E-state index contributed by atoms with van der Waals surface area (Å²) in [6.45, 7) is 5.77. The molecule has 0 unspecified atom stereocenters. The fourth-order valence-electron chi connectivity index (χ4n) is 2.34. The summed E-state index contributed by atoms with van der Waals surface area (Å²) in [5.74, 6) is -0.0613. The van der Waals surface area contributed by atoms with E-state index in [1.165, 1.54) is 0 Å². The van der Waals surface area contributed by atoms with Crippen LogP contribution in [0.4, 0.5) is 10.5 Å². The molecule has 3 amide bonds. The number of amides is 3. The Kier molecular flexibility index (Phi) is 4.80. The number of anilines is 1. The lowest BCUT2D eigenvalue weighted by Crippen LogP contribution is -2.54. The molecule has 1 atom stereocenters. The minimum Gasteiger partial charge on any atom is -0.338 e. The number of nitrogens with one attached hydrogen (secondary N) is 1. The molecule has 0 spiro atoms. The zero-order valence-corrected chi connectivity index (χ0v) is 12.5. The number of benzene rings is 1. The van der Waals surface area contributed by atoms with E-state index in [-0.39, 0.29) is 11.9 Å². The highest BCUT2D eigenvalue weighted by Crippen LogP contribution is 2.11. The Labute approximate surface area is 124 Å². The molecule has 0 saturated carbocycles. The summed E-state index contributed by atoms with van der Waals surface area (Å²) < 4.78 is 0. The van der Waals surface area contributed by atoms with Crippen LogP contribution in [0.15, 0.2) is 24.3 Å². The molecule has 0 bridgehead atoms. The van der Waals surface area contributed by atoms with E-state index in [1.807, 2.05) is 31.2 Å². The van der Waals surface area contributed by atoms with Crippen molar-refractivity contribution in [2.45, 2.75) is 19.9 Å². The van der Waals surface area contributed by atoms with Gasteiger partial charge in [-0.05, 0) is 31.5 Å². The molecule has 1 aliphatic heterocycles. The van der Waals surface area contributed by atoms with Gasteiger partial charge in [0.2, 0.25) is 5.91 Å². The molecule has 1 fully saturated rings. The van der Waals surface area contributed by atoms with Crippen molar-refractivity contribution >= 4 is 17.6 Å². The summed E-state index contributed by atoms with van der Waals surface area (Å²) in [7, 11) is 0. The molecule has 21 heavy (non-hydrogen) atoms. The number of hydrogen-bond donors (Lipinski definition) is 2. The Bertz CT molecular complexity index is 522. The van der Waals surface area contributed by atoms with E-state index in [9.17, 15) is 9.59 Å². The van der Waals surface area contributed by atoms with Gasteiger partial charge in [0.1, 0.15) is 0 Å². The Hall–Kier alpha value is -2.08. The molecule has 0 aromatic heterocycles. The number of nitrogens with zero attached hydrogens (tertiary/aromatic N) is 2. The predicted molar refractivity (Wildman–Crippen MR) is 82.0 cm³/mol. The largest absolute Gasteiger partial charge is 0.338 e. The maximum absolute atomic E-state index is 12.2. The SMILES string of the molecule is Cc1cccc(NC(=O)N2CCN(C(=O)[C@@H](C)N)CC2)c1. The van der Waals surface area contributed by atoms with E-state index in [0.717, 1.165) is 11.3 Å². The third-order valence-corrected chi connectivity index (χ3v) is 3.54. The van der Waals surface area contributed by atoms with Crippen molar-refractivity contribution in [3.05, 3.63) is 29.8 Å². The molecule has 2 rings (SSSR count). The first-order valence-corrected chi connectivity index (χ1v) is 7.14. The molecule has 6 heteroatoms. The predicted octanol–water partition coefficient (Wildman–Crippen LogP) is 1.02. The topological polar surface area (TPSA) is 78.7 Å². The van der Waals surface area contributed by atoms with Gasteiger partial charge in [0.25, 0.3) is 0 Å². The van der Waals surface area contributed by atoms with E-state index in [4.69, 9.17) is 5.73 Å². The van der Waals surface area contributed by atoms with Crippen LogP contribution in [-0.2, 0) is 4.79 Å². The van der Waals surface area contributed by atoms with Crippen molar-refractivity contribution in [2.24, 2.45) is 5.73 Å². The second kappa shape index (κ2) is 6.58. The van der Waals surface area contributed by atoms with Gasteiger partial charge < -0.3 is 20.9 Å². The first-order valence-electron chi connectivity index (χ1n) is 7.14. The quantitative estimate of drug-likeness (QED) is 0.853. The molecule has 1 saturated heterocycles. The zero-order valence-electron chi connectivity index (χ0n) is 12.5. The Morgan fingerprint density at radius 1 is 1.19 bits per heavy atom. The van der Waals surface area contributed by atoms with Crippen molar-refractivity contribution < 1.29 is 9.59 Å². The molecule has 1 heterocycles. The van der Waals surface area contributed by atoms with Crippen molar-refractivity contribution in [3.63, 3.8) is 0 Å². The fourth-order valence-corrected chi connectivity index (χ4v) is 2.34. The van der Waals surface area contributed by atoms with E-state index < -0.39 is 6.04 Å². The second-order valence-electron chi connectivity index (χ2n) is 5.40. The van der Waals surface area contributed by atoms with Crippen LogP contribution in [0.2, 0.25) is 0 Å². The molecule has 114 valence electrons. The van der Waals surface area contributed by atoms with E-state index in [0.29, 0.717) is 26.2 Å². The van der Waals surface area contributed by atoms with E-state index in [2.05, 4.69) is 5.32 Å². The Morgan fingerprint density at radius 3 is 2.38 bits per heavy atom. The summed E-state index contributed by atoms with van der Waals surface area (Å²) >= 11 is 0. The van der Waals surface area contributed by atoms with Crippen LogP contribution in [-0.4, -0.2) is 54.0 Å². The molecule has 0 radical (unpaired) electrons. The zero-order chi connectivity index (χ0) is 15.4. The molecule has 6 nitrogen and oxygen atoms in total. The summed E-state index contributed by atoms with van der Waals surface area (Å²) in [6.07, 6.45) is 0. The minimum absolute atomic E-state index is 0.0613. The lowest BCUT2D eigenvalue weighted by Gasteiger charge is -2.35. The molecule has 0 aliphatic carbocycles. The van der Waals surface area contributed by atoms with Gasteiger partial charge in [0.15, 0.2) is 0 Å². The van der Waals surface area contributed by atoms with Crippen molar-refractivity contribution in [3.8, 4) is 0 Å². The van der Waals surface area contributed by atoms with Gasteiger partial charge in [0, 0.05) is 31.9 Å². The van der Waals surface area contributed by atoms with Gasteiger partial charge in [0.05, 0.1) is 6.04 Å². The van der Waals surface area contributed by atoms with Gasteiger partial charge in [-0.1, -0.05) is 12.1 Å². The molecular formula is C15H22N4O2. The summed E-state index contributed by atoms with van der Waals surface area (Å²) in [5.41, 5.74) is 7.48. The van der Waals surface area contributed by atoms with Crippen LogP contribution in [0.1, 0.15) is 12.5 Å². The Balaban J connectivity index is 1.87. The third-order valence-electron chi connectivity index (χ3n) is 3.54. The summed E-state index contributed by atoms with van der Waals surface area (Å²) in [4.78, 5) is 27.4. The standard InChI is InChI=1S/C15H22N4O2/c1-11-4-3-5-13(10-11)17-15(21)19-8-6-18(7-9-19)14(20)12(2)16/h3-5,10,12H,6-9,16H2,1-2H3,(H,17,21)/t12-/m1/s1. The summed E-state index contributed by atoms with van der Waals surface area (Å²) in [5, 5.41) is 2.88. The minimum atomic E-state index is -0.488. The summed E-state index contributed by atoms with van der Waals surface area (Å²) in [6, 6.07) is 7.05. The van der Waals surface area contributed by atoms with Crippen LogP contribution in [0.3, 0.4) is 0 Å². The molecular weight excluding hydrogens is 268 g/mol. The van der Waals surface area contributed by atoms with Gasteiger partial charge in [-0.3, -0.25) is 4.79 Å². The van der Waals surface area contributed by atoms with Crippen LogP contribution in [0.25, 0.3) is 0 Å². The highest BCUT2D eigenvalue weighted by Gasteiger charge is 2.25. The van der Waals surface area contributed by atoms with Crippen molar-refractivity contribution in [1.29, 1.82) is 0 Å². The normalized spacial score (nSPS) is 16.5. The van der Waals surface area contributed by atoms with E-state index >= 15 is 0 Å². The number of piperazine rings is 1. The average Bonchev–Trinajstić information content (AvgIpc) is 2.46. The van der Waals surface area contributed by atoms with Crippen LogP contribution >= 0.6 is 0 Å². The fraction of sp³-hybridized carbons (Fsp3) is 0.467. The molecule has 1 aliphatic rings. The van der Waals surface area contributed by atoms with Crippen LogP contribution in [0, 0.1) is 6.92 Å². The number of urea groups is 1. The van der Waals surface area contributed by atoms with E-state index in [1.54, 1.807) is 16.7 Å². The number of hydrogen-bond acceptors (Lipinski definition) is 3. The van der Waals surface area contributed by atoms with Gasteiger partial charge >= 0.3 is 6.03 Å². The number of rotatable bonds is 2. The van der Waals surface area contributed by atoms with Gasteiger partial charge in [-0.25, -0.2) is 4.79 Å².